The summed E-state index contributed by atoms with van der Waals surface area (Å²) in [5, 5.41) is 17.6. The molecule has 0 saturated heterocycles. The van der Waals surface area contributed by atoms with Crippen molar-refractivity contribution in [1.29, 1.82) is 0 Å². The number of ether oxygens (including phenoxy) is 1. The summed E-state index contributed by atoms with van der Waals surface area (Å²) in [5.41, 5.74) is 1.71. The monoisotopic (exact) mass is 492 g/mol. The highest BCUT2D eigenvalue weighted by molar-refractivity contribution is 7.99. The quantitative estimate of drug-likeness (QED) is 0.337. The maximum absolute atomic E-state index is 13.1. The normalized spacial score (nSPS) is 10.6. The molecule has 3 aromatic carbocycles. The van der Waals surface area contributed by atoms with E-state index in [0.29, 0.717) is 34.6 Å². The zero-order valence-electron chi connectivity index (χ0n) is 18.6. The number of carbonyl (C=O) groups excluding carboxylic acids is 2. The molecule has 0 bridgehead atoms. The number of hydrogen-bond acceptors (Lipinski definition) is 7. The average molecular weight is 493 g/mol. The first-order chi connectivity index (χ1) is 17.0. The second-order valence-corrected chi connectivity index (χ2v) is 8.06. The predicted molar refractivity (Wildman–Crippen MR) is 130 cm³/mol. The number of tetrazole rings is 1. The number of nitrogens with one attached hydrogen (secondary N) is 2. The maximum atomic E-state index is 13.1. The van der Waals surface area contributed by atoms with E-state index in [0.717, 1.165) is 11.8 Å². The van der Waals surface area contributed by atoms with Gasteiger partial charge in [0.05, 0.1) is 23.6 Å². The molecule has 0 aliphatic rings. The van der Waals surface area contributed by atoms with E-state index in [2.05, 4.69) is 26.2 Å². The zero-order chi connectivity index (χ0) is 24.6. The van der Waals surface area contributed by atoms with Crippen LogP contribution in [0.25, 0.3) is 5.69 Å². The van der Waals surface area contributed by atoms with Gasteiger partial charge in [-0.3, -0.25) is 9.59 Å². The van der Waals surface area contributed by atoms with Gasteiger partial charge in [0.25, 0.3) is 5.91 Å². The highest BCUT2D eigenvalue weighted by Gasteiger charge is 2.17. The van der Waals surface area contributed by atoms with Gasteiger partial charge in [0, 0.05) is 5.69 Å². The third-order valence-corrected chi connectivity index (χ3v) is 5.63. The Kier molecular flexibility index (Phi) is 7.68. The lowest BCUT2D eigenvalue weighted by Gasteiger charge is -2.12. The molecule has 2 amide bonds. The molecule has 1 aromatic heterocycles. The van der Waals surface area contributed by atoms with E-state index >= 15 is 0 Å². The lowest BCUT2D eigenvalue weighted by molar-refractivity contribution is -0.113. The fourth-order valence-corrected chi connectivity index (χ4v) is 3.85. The van der Waals surface area contributed by atoms with Crippen LogP contribution in [0.4, 0.5) is 15.8 Å². The summed E-state index contributed by atoms with van der Waals surface area (Å²) in [5.74, 6) is -0.554. The van der Waals surface area contributed by atoms with Crippen LogP contribution in [0.15, 0.2) is 78.0 Å². The predicted octanol–water partition coefficient (Wildman–Crippen LogP) is 4.18. The molecule has 1 heterocycles. The number of carbonyl (C=O) groups is 2. The van der Waals surface area contributed by atoms with Crippen LogP contribution in [0.1, 0.15) is 17.3 Å². The van der Waals surface area contributed by atoms with Gasteiger partial charge in [-0.25, -0.2) is 4.39 Å². The van der Waals surface area contributed by atoms with Gasteiger partial charge in [0.2, 0.25) is 11.1 Å². The summed E-state index contributed by atoms with van der Waals surface area (Å²) in [7, 11) is 0. The summed E-state index contributed by atoms with van der Waals surface area (Å²) in [4.78, 5) is 25.4. The molecule has 0 aliphatic heterocycles. The molecule has 0 unspecified atom stereocenters. The van der Waals surface area contributed by atoms with E-state index in [4.69, 9.17) is 4.74 Å². The number of rotatable bonds is 9. The first-order valence-electron chi connectivity index (χ1n) is 10.6. The third-order valence-electron chi connectivity index (χ3n) is 4.71. The smallest absolute Gasteiger partial charge is 0.257 e. The maximum Gasteiger partial charge on any atom is 0.257 e. The van der Waals surface area contributed by atoms with Crippen LogP contribution in [-0.2, 0) is 4.79 Å². The second-order valence-electron chi connectivity index (χ2n) is 7.12. The lowest BCUT2D eigenvalue weighted by atomic mass is 10.1. The van der Waals surface area contributed by atoms with Crippen molar-refractivity contribution in [3.05, 3.63) is 84.2 Å². The summed E-state index contributed by atoms with van der Waals surface area (Å²) in [6.45, 7) is 2.37. The highest BCUT2D eigenvalue weighted by atomic mass is 32.2. The fraction of sp³-hybridized carbons (Fsp3) is 0.125. The molecular formula is C24H21FN6O3S. The number of anilines is 2. The molecule has 4 aromatic rings. The Balaban J connectivity index is 1.42. The molecule has 0 spiro atoms. The largest absolute Gasteiger partial charge is 0.492 e. The Bertz CT molecular complexity index is 1330. The first kappa shape index (κ1) is 23.9. The highest BCUT2D eigenvalue weighted by Crippen LogP contribution is 2.26. The number of halogens is 1. The van der Waals surface area contributed by atoms with Crippen LogP contribution < -0.4 is 15.4 Å². The Morgan fingerprint density at radius 2 is 1.74 bits per heavy atom. The van der Waals surface area contributed by atoms with E-state index in [1.54, 1.807) is 24.3 Å². The Labute approximate surface area is 204 Å². The molecule has 178 valence electrons. The number of hydrogen-bond donors (Lipinski definition) is 2. The molecule has 9 nitrogen and oxygen atoms in total. The zero-order valence-corrected chi connectivity index (χ0v) is 19.5. The van der Waals surface area contributed by atoms with E-state index in [1.165, 1.54) is 28.9 Å². The van der Waals surface area contributed by atoms with Crippen molar-refractivity contribution in [1.82, 2.24) is 20.2 Å². The number of aromatic nitrogens is 4. The minimum Gasteiger partial charge on any atom is -0.492 e. The van der Waals surface area contributed by atoms with Gasteiger partial charge in [-0.15, -0.1) is 5.10 Å². The average Bonchev–Trinajstić information content (AvgIpc) is 3.33. The van der Waals surface area contributed by atoms with Crippen LogP contribution >= 0.6 is 11.8 Å². The SMILES string of the molecule is CCOc1ccccc1-n1nnnc1SCC(=O)Nc1ccccc1C(=O)Nc1ccc(F)cc1. The van der Waals surface area contributed by atoms with E-state index < -0.39 is 11.7 Å². The fourth-order valence-electron chi connectivity index (χ4n) is 3.17. The number of amides is 2. The Hall–Kier alpha value is -4.25. The van der Waals surface area contributed by atoms with Crippen LogP contribution in [-0.4, -0.2) is 44.4 Å². The van der Waals surface area contributed by atoms with Crippen molar-refractivity contribution in [2.75, 3.05) is 23.0 Å². The summed E-state index contributed by atoms with van der Waals surface area (Å²) < 4.78 is 20.3. The Morgan fingerprint density at radius 1 is 1.00 bits per heavy atom. The summed E-state index contributed by atoms with van der Waals surface area (Å²) in [6, 6.07) is 19.4. The van der Waals surface area contributed by atoms with Gasteiger partial charge in [0.15, 0.2) is 0 Å². The van der Waals surface area contributed by atoms with Crippen molar-refractivity contribution < 1.29 is 18.7 Å². The molecule has 0 aliphatic carbocycles. The second kappa shape index (κ2) is 11.3. The minimum atomic E-state index is -0.434. The van der Waals surface area contributed by atoms with E-state index in [1.807, 2.05) is 31.2 Å². The van der Waals surface area contributed by atoms with Crippen LogP contribution in [0.5, 0.6) is 5.75 Å². The van der Waals surface area contributed by atoms with Gasteiger partial charge in [-0.05, 0) is 65.9 Å². The van der Waals surface area contributed by atoms with Crippen molar-refractivity contribution in [2.24, 2.45) is 0 Å². The molecule has 11 heteroatoms. The molecule has 2 N–H and O–H groups in total. The van der Waals surface area contributed by atoms with Gasteiger partial charge < -0.3 is 15.4 Å². The summed E-state index contributed by atoms with van der Waals surface area (Å²) in [6.07, 6.45) is 0. The molecule has 0 atom stereocenters. The van der Waals surface area contributed by atoms with Crippen LogP contribution in [0.2, 0.25) is 0 Å². The molecule has 0 saturated carbocycles. The van der Waals surface area contributed by atoms with Crippen LogP contribution in [0.3, 0.4) is 0 Å². The standard InChI is InChI=1S/C24H21FN6O3S/c1-2-34-21-10-6-5-9-20(21)31-24(28-29-30-31)35-15-22(32)27-19-8-4-3-7-18(19)23(33)26-17-13-11-16(25)12-14-17/h3-14H,2,15H2,1H3,(H,26,33)(H,27,32). The van der Waals surface area contributed by atoms with Crippen molar-refractivity contribution >= 4 is 35.0 Å². The molecule has 0 fully saturated rings. The Morgan fingerprint density at radius 3 is 2.54 bits per heavy atom. The third kappa shape index (κ3) is 6.01. The lowest BCUT2D eigenvalue weighted by Crippen LogP contribution is -2.19. The number of thioether (sulfide) groups is 1. The topological polar surface area (TPSA) is 111 Å². The van der Waals surface area contributed by atoms with Crippen LogP contribution in [0, 0.1) is 5.82 Å². The van der Waals surface area contributed by atoms with Gasteiger partial charge in [-0.1, -0.05) is 36.0 Å². The molecular weight excluding hydrogens is 471 g/mol. The van der Waals surface area contributed by atoms with Crippen molar-refractivity contribution in [2.45, 2.75) is 12.1 Å². The van der Waals surface area contributed by atoms with Crippen molar-refractivity contribution in [3.8, 4) is 11.4 Å². The van der Waals surface area contributed by atoms with Gasteiger partial charge in [0.1, 0.15) is 17.3 Å². The molecule has 35 heavy (non-hydrogen) atoms. The van der Waals surface area contributed by atoms with Gasteiger partial charge >= 0.3 is 0 Å². The molecule has 4 rings (SSSR count). The van der Waals surface area contributed by atoms with E-state index in [9.17, 15) is 14.0 Å². The molecule has 0 radical (unpaired) electrons. The number of nitrogens with zero attached hydrogens (tertiary/aromatic N) is 4. The number of para-hydroxylation sites is 3. The minimum absolute atomic E-state index is 0.00505. The van der Waals surface area contributed by atoms with Crippen molar-refractivity contribution in [3.63, 3.8) is 0 Å². The van der Waals surface area contributed by atoms with Gasteiger partial charge in [-0.2, -0.15) is 4.68 Å². The number of benzene rings is 3. The summed E-state index contributed by atoms with van der Waals surface area (Å²) >= 11 is 1.14. The van der Waals surface area contributed by atoms with E-state index in [-0.39, 0.29) is 17.2 Å². The first-order valence-corrected chi connectivity index (χ1v) is 11.6.